The van der Waals surface area contributed by atoms with Gasteiger partial charge in [0.05, 0.1) is 17.0 Å². The maximum Gasteiger partial charge on any atom is 0.244 e. The number of nitrogens with one attached hydrogen (secondary N) is 1. The first kappa shape index (κ1) is 30.8. The molecule has 0 bridgehead atoms. The van der Waals surface area contributed by atoms with Gasteiger partial charge in [0.15, 0.2) is 0 Å². The normalized spacial score (nSPS) is 12.0. The van der Waals surface area contributed by atoms with Gasteiger partial charge in [-0.15, -0.1) is 0 Å². The third-order valence-corrected chi connectivity index (χ3v) is 7.82. The van der Waals surface area contributed by atoms with E-state index in [1.165, 1.54) is 23.1 Å². The van der Waals surface area contributed by atoms with E-state index in [0.29, 0.717) is 28.6 Å². The molecule has 0 fully saturated rings. The van der Waals surface area contributed by atoms with Crippen LogP contribution in [0, 0.1) is 0 Å². The summed E-state index contributed by atoms with van der Waals surface area (Å²) in [4.78, 5) is 28.8. The van der Waals surface area contributed by atoms with Crippen LogP contribution < -0.4 is 9.62 Å². The zero-order valence-corrected chi connectivity index (χ0v) is 24.7. The van der Waals surface area contributed by atoms with Crippen LogP contribution in [0.1, 0.15) is 24.5 Å². The van der Waals surface area contributed by atoms with Gasteiger partial charge in [0, 0.05) is 29.6 Å². The van der Waals surface area contributed by atoms with Gasteiger partial charge in [-0.05, 0) is 47.9 Å². The van der Waals surface area contributed by atoms with Crippen molar-refractivity contribution in [2.24, 2.45) is 0 Å². The van der Waals surface area contributed by atoms with Gasteiger partial charge < -0.3 is 10.2 Å². The van der Waals surface area contributed by atoms with Crippen molar-refractivity contribution in [1.82, 2.24) is 10.2 Å². The quantitative estimate of drug-likeness (QED) is 0.290. The molecule has 0 radical (unpaired) electrons. The second-order valence-corrected chi connectivity index (χ2v) is 12.2. The topological polar surface area (TPSA) is 86.8 Å². The van der Waals surface area contributed by atoms with Crippen molar-refractivity contribution in [2.45, 2.75) is 32.4 Å². The monoisotopic (exact) mass is 609 g/mol. The number of hydrogen-bond acceptors (Lipinski definition) is 4. The average molecular weight is 611 g/mol. The molecule has 0 spiro atoms. The third kappa shape index (κ3) is 8.86. The van der Waals surface area contributed by atoms with Crippen molar-refractivity contribution < 1.29 is 18.0 Å². The zero-order valence-electron chi connectivity index (χ0n) is 21.6. The van der Waals surface area contributed by atoms with Gasteiger partial charge in [-0.2, -0.15) is 0 Å². The summed E-state index contributed by atoms with van der Waals surface area (Å²) >= 11 is 18.5. The second-order valence-electron chi connectivity index (χ2n) is 9.01. The van der Waals surface area contributed by atoms with Crippen LogP contribution in [0.25, 0.3) is 0 Å². The fourth-order valence-electron chi connectivity index (χ4n) is 4.03. The van der Waals surface area contributed by atoms with Crippen molar-refractivity contribution >= 4 is 62.3 Å². The molecule has 3 aromatic carbocycles. The highest BCUT2D eigenvalue weighted by Gasteiger charge is 2.33. The van der Waals surface area contributed by atoms with Crippen LogP contribution in [0.5, 0.6) is 0 Å². The Bertz CT molecular complexity index is 1400. The van der Waals surface area contributed by atoms with E-state index in [4.69, 9.17) is 34.8 Å². The molecule has 3 rings (SSSR count). The van der Waals surface area contributed by atoms with Crippen LogP contribution in [0.3, 0.4) is 0 Å². The standard InChI is InChI=1S/C28H30Cl3N3O4S/c1-3-14-32-28(36)26(16-20-8-5-4-6-9-20)33(18-21-10-7-11-22(29)15-21)27(35)19-34(39(2,37)38)25-13-12-23(30)17-24(25)31/h4-13,15,17,26H,3,14,16,18-19H2,1-2H3,(H,32,36)/t26-/m1/s1. The number of benzene rings is 3. The molecule has 0 aliphatic rings. The maximum atomic E-state index is 14.0. The molecule has 0 aromatic heterocycles. The minimum Gasteiger partial charge on any atom is -0.354 e. The van der Waals surface area contributed by atoms with Crippen molar-refractivity contribution in [2.75, 3.05) is 23.7 Å². The van der Waals surface area contributed by atoms with Crippen LogP contribution in [-0.2, 0) is 32.6 Å². The Labute approximate surface area is 244 Å². The fourth-order valence-corrected chi connectivity index (χ4v) is 5.67. The Hall–Kier alpha value is -2.78. The molecule has 0 saturated carbocycles. The van der Waals surface area contributed by atoms with Gasteiger partial charge in [-0.3, -0.25) is 13.9 Å². The maximum absolute atomic E-state index is 14.0. The Morgan fingerprint density at radius 2 is 1.56 bits per heavy atom. The summed E-state index contributed by atoms with van der Waals surface area (Å²) in [5, 5.41) is 3.76. The molecule has 1 N–H and O–H groups in total. The van der Waals surface area contributed by atoms with Crippen molar-refractivity contribution in [3.8, 4) is 0 Å². The van der Waals surface area contributed by atoms with E-state index in [1.54, 1.807) is 24.3 Å². The summed E-state index contributed by atoms with van der Waals surface area (Å²) in [6.45, 7) is 1.82. The number of rotatable bonds is 12. The summed E-state index contributed by atoms with van der Waals surface area (Å²) in [7, 11) is -3.94. The lowest BCUT2D eigenvalue weighted by atomic mass is 10.0. The average Bonchev–Trinajstić information content (AvgIpc) is 2.88. The summed E-state index contributed by atoms with van der Waals surface area (Å²) in [5.41, 5.74) is 1.64. The number of hydrogen-bond donors (Lipinski definition) is 1. The molecule has 0 heterocycles. The molecule has 7 nitrogen and oxygen atoms in total. The first-order valence-corrected chi connectivity index (χ1v) is 15.3. The van der Waals surface area contributed by atoms with Crippen molar-refractivity contribution in [1.29, 1.82) is 0 Å². The molecular weight excluding hydrogens is 581 g/mol. The molecule has 208 valence electrons. The fraction of sp³-hybridized carbons (Fsp3) is 0.286. The molecule has 0 unspecified atom stereocenters. The Morgan fingerprint density at radius 1 is 0.897 bits per heavy atom. The summed E-state index contributed by atoms with van der Waals surface area (Å²) in [6.07, 6.45) is 1.92. The molecule has 3 aromatic rings. The first-order chi connectivity index (χ1) is 18.5. The number of anilines is 1. The van der Waals surface area contributed by atoms with Crippen LogP contribution >= 0.6 is 34.8 Å². The van der Waals surface area contributed by atoms with Crippen molar-refractivity contribution in [3.63, 3.8) is 0 Å². The summed E-state index contributed by atoms with van der Waals surface area (Å²) < 4.78 is 26.6. The predicted molar refractivity (Wildman–Crippen MR) is 158 cm³/mol. The molecule has 0 saturated heterocycles. The lowest BCUT2D eigenvalue weighted by molar-refractivity contribution is -0.140. The molecule has 0 aliphatic carbocycles. The highest BCUT2D eigenvalue weighted by atomic mass is 35.5. The minimum atomic E-state index is -3.94. The van der Waals surface area contributed by atoms with Crippen LogP contribution in [0.15, 0.2) is 72.8 Å². The van der Waals surface area contributed by atoms with E-state index in [-0.39, 0.29) is 29.6 Å². The molecule has 2 amide bonds. The van der Waals surface area contributed by atoms with E-state index in [9.17, 15) is 18.0 Å². The smallest absolute Gasteiger partial charge is 0.244 e. The van der Waals surface area contributed by atoms with Crippen LogP contribution in [-0.4, -0.2) is 50.5 Å². The SMILES string of the molecule is CCCNC(=O)[C@@H](Cc1ccccc1)N(Cc1cccc(Cl)c1)C(=O)CN(c1ccc(Cl)cc1Cl)S(C)(=O)=O. The van der Waals surface area contributed by atoms with Gasteiger partial charge in [0.1, 0.15) is 12.6 Å². The van der Waals surface area contributed by atoms with E-state index in [1.807, 2.05) is 37.3 Å². The number of carbonyl (C=O) groups excluding carboxylic acids is 2. The van der Waals surface area contributed by atoms with E-state index in [2.05, 4.69) is 5.32 Å². The molecule has 39 heavy (non-hydrogen) atoms. The van der Waals surface area contributed by atoms with E-state index in [0.717, 1.165) is 16.1 Å². The minimum absolute atomic E-state index is 0.0301. The summed E-state index contributed by atoms with van der Waals surface area (Å²) in [5.74, 6) is -0.925. The Morgan fingerprint density at radius 3 is 2.18 bits per heavy atom. The van der Waals surface area contributed by atoms with Crippen LogP contribution in [0.4, 0.5) is 5.69 Å². The predicted octanol–water partition coefficient (Wildman–Crippen LogP) is 5.58. The van der Waals surface area contributed by atoms with Gasteiger partial charge in [0.2, 0.25) is 21.8 Å². The number of halogens is 3. The second kappa shape index (κ2) is 14.0. The lowest BCUT2D eigenvalue weighted by Crippen LogP contribution is -2.53. The Balaban J connectivity index is 2.06. The highest BCUT2D eigenvalue weighted by Crippen LogP contribution is 2.30. The number of sulfonamides is 1. The van der Waals surface area contributed by atoms with Gasteiger partial charge in [-0.1, -0.05) is 84.2 Å². The molecule has 11 heteroatoms. The van der Waals surface area contributed by atoms with E-state index >= 15 is 0 Å². The number of carbonyl (C=O) groups is 2. The largest absolute Gasteiger partial charge is 0.354 e. The first-order valence-electron chi connectivity index (χ1n) is 12.3. The van der Waals surface area contributed by atoms with Crippen molar-refractivity contribution in [3.05, 3.63) is 99.0 Å². The highest BCUT2D eigenvalue weighted by molar-refractivity contribution is 7.92. The summed E-state index contributed by atoms with van der Waals surface area (Å²) in [6, 6.07) is 19.7. The molecular formula is C28H30Cl3N3O4S. The molecule has 1 atom stereocenters. The number of amides is 2. The van der Waals surface area contributed by atoms with Gasteiger partial charge >= 0.3 is 0 Å². The van der Waals surface area contributed by atoms with Crippen LogP contribution in [0.2, 0.25) is 15.1 Å². The molecule has 0 aliphatic heterocycles. The Kier molecular flexibility index (Phi) is 11.1. The zero-order chi connectivity index (χ0) is 28.6. The third-order valence-electron chi connectivity index (χ3n) is 5.92. The van der Waals surface area contributed by atoms with Gasteiger partial charge in [-0.25, -0.2) is 8.42 Å². The number of nitrogens with zero attached hydrogens (tertiary/aromatic N) is 2. The van der Waals surface area contributed by atoms with E-state index < -0.39 is 28.5 Å². The van der Waals surface area contributed by atoms with Gasteiger partial charge in [0.25, 0.3) is 0 Å². The lowest BCUT2D eigenvalue weighted by Gasteiger charge is -2.33.